The predicted molar refractivity (Wildman–Crippen MR) is 84.7 cm³/mol. The van der Waals surface area contributed by atoms with Gasteiger partial charge in [0.1, 0.15) is 5.69 Å². The van der Waals surface area contributed by atoms with E-state index in [1.807, 2.05) is 18.4 Å². The molecular formula is C14H21N5OS. The zero-order valence-corrected chi connectivity index (χ0v) is 13.6. The quantitative estimate of drug-likeness (QED) is 0.859. The number of anilines is 1. The highest BCUT2D eigenvalue weighted by Crippen LogP contribution is 2.21. The van der Waals surface area contributed by atoms with E-state index in [0.29, 0.717) is 10.8 Å². The van der Waals surface area contributed by atoms with Crippen molar-refractivity contribution in [3.8, 4) is 0 Å². The number of rotatable bonds is 6. The van der Waals surface area contributed by atoms with E-state index in [1.165, 1.54) is 11.3 Å². The molecule has 2 aromatic heterocycles. The maximum atomic E-state index is 12.2. The van der Waals surface area contributed by atoms with E-state index in [2.05, 4.69) is 34.6 Å². The summed E-state index contributed by atoms with van der Waals surface area (Å²) < 4.78 is 1.60. The summed E-state index contributed by atoms with van der Waals surface area (Å²) in [5, 5.41) is 13.0. The van der Waals surface area contributed by atoms with Crippen molar-refractivity contribution in [1.82, 2.24) is 20.1 Å². The second-order valence-electron chi connectivity index (χ2n) is 4.81. The van der Waals surface area contributed by atoms with Crippen molar-refractivity contribution >= 4 is 22.4 Å². The van der Waals surface area contributed by atoms with Gasteiger partial charge in [0, 0.05) is 18.5 Å². The summed E-state index contributed by atoms with van der Waals surface area (Å²) in [6.07, 6.45) is 0.808. The summed E-state index contributed by atoms with van der Waals surface area (Å²) in [4.78, 5) is 16.7. The second kappa shape index (κ2) is 6.82. The van der Waals surface area contributed by atoms with Crippen LogP contribution in [-0.4, -0.2) is 27.2 Å². The van der Waals surface area contributed by atoms with Crippen LogP contribution in [0.1, 0.15) is 48.7 Å². The summed E-state index contributed by atoms with van der Waals surface area (Å²) in [6, 6.07) is 1.99. The highest BCUT2D eigenvalue weighted by atomic mass is 32.1. The molecule has 0 aliphatic rings. The largest absolute Gasteiger partial charge is 0.309 e. The highest BCUT2D eigenvalue weighted by Gasteiger charge is 2.15. The molecule has 6 nitrogen and oxygen atoms in total. The lowest BCUT2D eigenvalue weighted by Crippen LogP contribution is -2.18. The van der Waals surface area contributed by atoms with Crippen molar-refractivity contribution in [3.05, 3.63) is 28.5 Å². The first-order chi connectivity index (χ1) is 10.0. The lowest BCUT2D eigenvalue weighted by Gasteiger charge is -2.08. The minimum atomic E-state index is -0.179. The van der Waals surface area contributed by atoms with Gasteiger partial charge in [-0.25, -0.2) is 4.98 Å². The Labute approximate surface area is 128 Å². The zero-order valence-electron chi connectivity index (χ0n) is 12.8. The number of nitrogens with one attached hydrogen (secondary N) is 2. The number of carbonyl (C=O) groups is 1. The fourth-order valence-corrected chi connectivity index (χ4v) is 2.83. The SMILES string of the molecule is CCNC(C)c1csc(NC(=O)c2cc(CC)nn2C)n1. The molecule has 0 fully saturated rings. The second-order valence-corrected chi connectivity index (χ2v) is 5.67. The van der Waals surface area contributed by atoms with E-state index in [9.17, 15) is 4.79 Å². The Morgan fingerprint density at radius 3 is 2.86 bits per heavy atom. The van der Waals surface area contributed by atoms with Gasteiger partial charge in [-0.15, -0.1) is 11.3 Å². The van der Waals surface area contributed by atoms with Crippen LogP contribution in [0.25, 0.3) is 0 Å². The topological polar surface area (TPSA) is 71.8 Å². The van der Waals surface area contributed by atoms with Crippen LogP contribution in [0.2, 0.25) is 0 Å². The molecule has 0 saturated heterocycles. The Kier molecular flexibility index (Phi) is 5.08. The molecule has 0 aromatic carbocycles. The van der Waals surface area contributed by atoms with Crippen molar-refractivity contribution in [2.24, 2.45) is 7.05 Å². The first-order valence-electron chi connectivity index (χ1n) is 7.08. The Balaban J connectivity index is 2.07. The van der Waals surface area contributed by atoms with E-state index < -0.39 is 0 Å². The van der Waals surface area contributed by atoms with Gasteiger partial charge in [0.2, 0.25) is 0 Å². The van der Waals surface area contributed by atoms with Crippen LogP contribution in [0.5, 0.6) is 0 Å². The third-order valence-electron chi connectivity index (χ3n) is 3.22. The lowest BCUT2D eigenvalue weighted by molar-refractivity contribution is 0.101. The molecule has 0 aliphatic heterocycles. The normalized spacial score (nSPS) is 12.4. The molecule has 0 spiro atoms. The molecule has 7 heteroatoms. The first-order valence-corrected chi connectivity index (χ1v) is 7.96. The summed E-state index contributed by atoms with van der Waals surface area (Å²) in [5.74, 6) is -0.179. The minimum Gasteiger partial charge on any atom is -0.309 e. The van der Waals surface area contributed by atoms with E-state index in [0.717, 1.165) is 24.4 Å². The predicted octanol–water partition coefficient (Wildman–Crippen LogP) is 2.36. The van der Waals surface area contributed by atoms with E-state index in [-0.39, 0.29) is 11.9 Å². The van der Waals surface area contributed by atoms with Crippen LogP contribution >= 0.6 is 11.3 Å². The molecule has 0 radical (unpaired) electrons. The molecule has 114 valence electrons. The Hall–Kier alpha value is -1.73. The maximum absolute atomic E-state index is 12.2. The third kappa shape index (κ3) is 3.68. The van der Waals surface area contributed by atoms with E-state index in [1.54, 1.807) is 11.7 Å². The number of carbonyl (C=O) groups excluding carboxylic acids is 1. The molecule has 2 rings (SSSR count). The van der Waals surface area contributed by atoms with Gasteiger partial charge in [-0.05, 0) is 26.0 Å². The monoisotopic (exact) mass is 307 g/mol. The van der Waals surface area contributed by atoms with Gasteiger partial charge < -0.3 is 5.32 Å². The Morgan fingerprint density at radius 2 is 2.24 bits per heavy atom. The average molecular weight is 307 g/mol. The summed E-state index contributed by atoms with van der Waals surface area (Å²) in [7, 11) is 1.77. The number of thiazole rings is 1. The minimum absolute atomic E-state index is 0.179. The number of aromatic nitrogens is 3. The third-order valence-corrected chi connectivity index (χ3v) is 4.00. The van der Waals surface area contributed by atoms with Gasteiger partial charge in [0.15, 0.2) is 5.13 Å². The maximum Gasteiger partial charge on any atom is 0.275 e. The molecule has 2 heterocycles. The standard InChI is InChI=1S/C14H21N5OS/c1-5-10-7-12(19(4)18-10)13(20)17-14-16-11(8-21-14)9(3)15-6-2/h7-9,15H,5-6H2,1-4H3,(H,16,17,20). The van der Waals surface area contributed by atoms with Gasteiger partial charge in [0.05, 0.1) is 11.4 Å². The Morgan fingerprint density at radius 1 is 1.48 bits per heavy atom. The van der Waals surface area contributed by atoms with Crippen molar-refractivity contribution in [2.45, 2.75) is 33.2 Å². The molecule has 0 saturated carbocycles. The molecule has 0 aliphatic carbocycles. The van der Waals surface area contributed by atoms with Crippen LogP contribution in [0, 0.1) is 0 Å². The molecule has 21 heavy (non-hydrogen) atoms. The summed E-state index contributed by atoms with van der Waals surface area (Å²) >= 11 is 1.43. The zero-order chi connectivity index (χ0) is 15.4. The van der Waals surface area contributed by atoms with Gasteiger partial charge >= 0.3 is 0 Å². The Bertz CT molecular complexity index is 619. The van der Waals surface area contributed by atoms with Gasteiger partial charge in [0.25, 0.3) is 5.91 Å². The van der Waals surface area contributed by atoms with Gasteiger partial charge in [-0.1, -0.05) is 13.8 Å². The van der Waals surface area contributed by atoms with Gasteiger partial charge in [-0.2, -0.15) is 5.10 Å². The van der Waals surface area contributed by atoms with Crippen LogP contribution in [0.15, 0.2) is 11.4 Å². The number of hydrogen-bond acceptors (Lipinski definition) is 5. The molecule has 1 amide bonds. The molecule has 2 N–H and O–H groups in total. The van der Waals surface area contributed by atoms with Crippen LogP contribution in [0.4, 0.5) is 5.13 Å². The number of nitrogens with zero attached hydrogens (tertiary/aromatic N) is 3. The molecule has 2 aromatic rings. The van der Waals surface area contributed by atoms with Crippen molar-refractivity contribution in [3.63, 3.8) is 0 Å². The number of amides is 1. The first kappa shape index (κ1) is 15.7. The van der Waals surface area contributed by atoms with Crippen molar-refractivity contribution in [2.75, 3.05) is 11.9 Å². The van der Waals surface area contributed by atoms with E-state index >= 15 is 0 Å². The fraction of sp³-hybridized carbons (Fsp3) is 0.500. The van der Waals surface area contributed by atoms with Crippen LogP contribution < -0.4 is 10.6 Å². The molecular weight excluding hydrogens is 286 g/mol. The van der Waals surface area contributed by atoms with E-state index in [4.69, 9.17) is 0 Å². The van der Waals surface area contributed by atoms with Gasteiger partial charge in [-0.3, -0.25) is 14.8 Å². The summed E-state index contributed by atoms with van der Waals surface area (Å²) in [6.45, 7) is 7.01. The highest BCUT2D eigenvalue weighted by molar-refractivity contribution is 7.14. The molecule has 1 atom stereocenters. The lowest BCUT2D eigenvalue weighted by atomic mass is 10.2. The summed E-state index contributed by atoms with van der Waals surface area (Å²) in [5.41, 5.74) is 2.39. The number of aryl methyl sites for hydroxylation is 2. The van der Waals surface area contributed by atoms with Crippen LogP contribution in [0.3, 0.4) is 0 Å². The average Bonchev–Trinajstić information content (AvgIpc) is 3.05. The smallest absolute Gasteiger partial charge is 0.275 e. The van der Waals surface area contributed by atoms with Crippen molar-refractivity contribution in [1.29, 1.82) is 0 Å². The fourth-order valence-electron chi connectivity index (χ4n) is 2.03. The van der Waals surface area contributed by atoms with Crippen LogP contribution in [-0.2, 0) is 13.5 Å². The molecule has 1 unspecified atom stereocenters. The van der Waals surface area contributed by atoms with Crippen molar-refractivity contribution < 1.29 is 4.79 Å². The number of hydrogen-bond donors (Lipinski definition) is 2. The molecule has 0 bridgehead atoms.